The Morgan fingerprint density at radius 1 is 1.41 bits per heavy atom. The second kappa shape index (κ2) is 7.24. The van der Waals surface area contributed by atoms with Gasteiger partial charge in [-0.25, -0.2) is 4.79 Å². The minimum absolute atomic E-state index is 0.209. The molecule has 1 rings (SSSR count). The van der Waals surface area contributed by atoms with E-state index in [9.17, 15) is 9.59 Å². The molecule has 0 aliphatic carbocycles. The zero-order chi connectivity index (χ0) is 12.7. The molecule has 1 N–H and O–H groups in total. The number of ether oxygens (including phenoxy) is 2. The second-order valence-electron chi connectivity index (χ2n) is 4.02. The predicted molar refractivity (Wildman–Crippen MR) is 59.6 cm³/mol. The average Bonchev–Trinajstić information content (AvgIpc) is 2.38. The average molecular weight is 245 g/mol. The van der Waals surface area contributed by atoms with Crippen LogP contribution >= 0.6 is 0 Å². The van der Waals surface area contributed by atoms with Crippen molar-refractivity contribution in [3.63, 3.8) is 0 Å². The molecule has 0 aromatic heterocycles. The standard InChI is InChI=1S/C11H19NO5/c1-16-5-6-17-11(15)12-4-2-3-9(7-12)10(14)8-13/h9,13H,2-8H2,1H3/t9-/m1/s1. The van der Waals surface area contributed by atoms with Crippen LogP contribution < -0.4 is 0 Å². The van der Waals surface area contributed by atoms with Crippen molar-refractivity contribution in [2.24, 2.45) is 5.92 Å². The van der Waals surface area contributed by atoms with Crippen LogP contribution in [0.4, 0.5) is 4.79 Å². The fourth-order valence-corrected chi connectivity index (χ4v) is 1.84. The summed E-state index contributed by atoms with van der Waals surface area (Å²) in [4.78, 5) is 24.5. The highest BCUT2D eigenvalue weighted by Crippen LogP contribution is 2.17. The molecule has 0 bridgehead atoms. The van der Waals surface area contributed by atoms with E-state index < -0.39 is 12.7 Å². The van der Waals surface area contributed by atoms with E-state index in [1.54, 1.807) is 0 Å². The maximum Gasteiger partial charge on any atom is 0.409 e. The number of aliphatic hydroxyl groups excluding tert-OH is 1. The molecule has 1 fully saturated rings. The van der Waals surface area contributed by atoms with Gasteiger partial charge in [0, 0.05) is 26.1 Å². The summed E-state index contributed by atoms with van der Waals surface area (Å²) >= 11 is 0. The number of likely N-dealkylation sites (tertiary alicyclic amines) is 1. The Hall–Kier alpha value is -1.14. The Morgan fingerprint density at radius 3 is 2.82 bits per heavy atom. The third kappa shape index (κ3) is 4.32. The van der Waals surface area contributed by atoms with Gasteiger partial charge in [0.25, 0.3) is 0 Å². The first-order valence-electron chi connectivity index (χ1n) is 5.73. The molecule has 0 aromatic carbocycles. The summed E-state index contributed by atoms with van der Waals surface area (Å²) in [5, 5.41) is 8.78. The van der Waals surface area contributed by atoms with Crippen molar-refractivity contribution in [2.75, 3.05) is 40.0 Å². The van der Waals surface area contributed by atoms with Crippen LogP contribution in [0.3, 0.4) is 0 Å². The quantitative estimate of drug-likeness (QED) is 0.692. The topological polar surface area (TPSA) is 76.1 Å². The van der Waals surface area contributed by atoms with Gasteiger partial charge in [0.2, 0.25) is 0 Å². The number of Topliss-reactive ketones (excluding diaryl/α,β-unsaturated/α-hetero) is 1. The lowest BCUT2D eigenvalue weighted by Crippen LogP contribution is -2.43. The number of amides is 1. The molecule has 1 amide bonds. The molecule has 0 aromatic rings. The number of hydrogen-bond acceptors (Lipinski definition) is 5. The van der Waals surface area contributed by atoms with E-state index in [0.717, 1.165) is 12.8 Å². The Labute approximate surface area is 100 Å². The molecule has 1 heterocycles. The van der Waals surface area contributed by atoms with Crippen molar-refractivity contribution in [3.8, 4) is 0 Å². The van der Waals surface area contributed by atoms with Gasteiger partial charge in [0.05, 0.1) is 6.61 Å². The third-order valence-electron chi connectivity index (χ3n) is 2.80. The fourth-order valence-electron chi connectivity index (χ4n) is 1.84. The highest BCUT2D eigenvalue weighted by molar-refractivity contribution is 5.83. The first-order valence-corrected chi connectivity index (χ1v) is 5.73. The Kier molecular flexibility index (Phi) is 5.93. The summed E-state index contributed by atoms with van der Waals surface area (Å²) in [6.07, 6.45) is 1.06. The molecule has 1 aliphatic rings. The Bertz CT molecular complexity index is 269. The van der Waals surface area contributed by atoms with Crippen molar-refractivity contribution >= 4 is 11.9 Å². The third-order valence-corrected chi connectivity index (χ3v) is 2.80. The lowest BCUT2D eigenvalue weighted by atomic mass is 9.94. The van der Waals surface area contributed by atoms with Crippen LogP contribution in [0.1, 0.15) is 12.8 Å². The van der Waals surface area contributed by atoms with Crippen LogP contribution in [0.5, 0.6) is 0 Å². The van der Waals surface area contributed by atoms with Gasteiger partial charge in [-0.1, -0.05) is 0 Å². The van der Waals surface area contributed by atoms with Crippen LogP contribution in [0.15, 0.2) is 0 Å². The summed E-state index contributed by atoms with van der Waals surface area (Å²) in [5.41, 5.74) is 0. The zero-order valence-corrected chi connectivity index (χ0v) is 10.1. The molecule has 0 unspecified atom stereocenters. The van der Waals surface area contributed by atoms with Crippen LogP contribution in [0.2, 0.25) is 0 Å². The van der Waals surface area contributed by atoms with Gasteiger partial charge in [-0.3, -0.25) is 4.79 Å². The van der Waals surface area contributed by atoms with Crippen LogP contribution in [0, 0.1) is 5.92 Å². The zero-order valence-electron chi connectivity index (χ0n) is 10.1. The minimum Gasteiger partial charge on any atom is -0.447 e. The first kappa shape index (κ1) is 13.9. The van der Waals surface area contributed by atoms with Gasteiger partial charge in [-0.2, -0.15) is 0 Å². The largest absolute Gasteiger partial charge is 0.447 e. The van der Waals surface area contributed by atoms with E-state index in [1.807, 2.05) is 0 Å². The molecule has 6 nitrogen and oxygen atoms in total. The highest BCUT2D eigenvalue weighted by atomic mass is 16.6. The Balaban J connectivity index is 2.37. The molecule has 6 heteroatoms. The molecule has 0 saturated carbocycles. The summed E-state index contributed by atoms with van der Waals surface area (Å²) in [5.74, 6) is -0.469. The van der Waals surface area contributed by atoms with Crippen molar-refractivity contribution in [1.29, 1.82) is 0 Å². The SMILES string of the molecule is COCCOC(=O)N1CCC[C@@H](C(=O)CO)C1. The van der Waals surface area contributed by atoms with Gasteiger partial charge >= 0.3 is 6.09 Å². The lowest BCUT2D eigenvalue weighted by molar-refractivity contribution is -0.127. The number of carbonyl (C=O) groups is 2. The van der Waals surface area contributed by atoms with Gasteiger partial charge in [0.1, 0.15) is 13.2 Å². The molecular weight excluding hydrogens is 226 g/mol. The van der Waals surface area contributed by atoms with E-state index >= 15 is 0 Å². The first-order chi connectivity index (χ1) is 8.19. The number of carbonyl (C=O) groups excluding carboxylic acids is 2. The van der Waals surface area contributed by atoms with Crippen LogP contribution in [-0.2, 0) is 14.3 Å². The maximum absolute atomic E-state index is 11.6. The number of rotatable bonds is 5. The van der Waals surface area contributed by atoms with Crippen molar-refractivity contribution in [2.45, 2.75) is 12.8 Å². The fraction of sp³-hybridized carbons (Fsp3) is 0.818. The summed E-state index contributed by atoms with van der Waals surface area (Å²) in [7, 11) is 1.53. The van der Waals surface area contributed by atoms with E-state index in [4.69, 9.17) is 14.6 Å². The molecule has 0 spiro atoms. The van der Waals surface area contributed by atoms with Crippen molar-refractivity contribution in [3.05, 3.63) is 0 Å². The number of aliphatic hydroxyl groups is 1. The predicted octanol–water partition coefficient (Wildman–Crippen LogP) is 0.0428. The van der Waals surface area contributed by atoms with Crippen LogP contribution in [-0.4, -0.2) is 61.9 Å². The summed E-state index contributed by atoms with van der Waals surface area (Å²) in [6, 6.07) is 0. The minimum atomic E-state index is -0.461. The number of methoxy groups -OCH3 is 1. The van der Waals surface area contributed by atoms with Crippen molar-refractivity contribution < 1.29 is 24.2 Å². The molecule has 0 radical (unpaired) electrons. The molecule has 98 valence electrons. The normalized spacial score (nSPS) is 20.1. The van der Waals surface area contributed by atoms with E-state index in [-0.39, 0.29) is 18.3 Å². The highest BCUT2D eigenvalue weighted by Gasteiger charge is 2.28. The van der Waals surface area contributed by atoms with E-state index in [2.05, 4.69) is 0 Å². The van der Waals surface area contributed by atoms with Gasteiger partial charge in [-0.15, -0.1) is 0 Å². The Morgan fingerprint density at radius 2 is 2.18 bits per heavy atom. The van der Waals surface area contributed by atoms with Crippen LogP contribution in [0.25, 0.3) is 0 Å². The number of ketones is 1. The van der Waals surface area contributed by atoms with E-state index in [0.29, 0.717) is 19.7 Å². The van der Waals surface area contributed by atoms with Gasteiger partial charge in [0.15, 0.2) is 5.78 Å². The van der Waals surface area contributed by atoms with Crippen molar-refractivity contribution in [1.82, 2.24) is 4.90 Å². The molecular formula is C11H19NO5. The molecule has 1 atom stereocenters. The monoisotopic (exact) mass is 245 g/mol. The number of piperidine rings is 1. The molecule has 17 heavy (non-hydrogen) atoms. The van der Waals surface area contributed by atoms with Gasteiger partial charge < -0.3 is 19.5 Å². The van der Waals surface area contributed by atoms with Gasteiger partial charge in [-0.05, 0) is 12.8 Å². The lowest BCUT2D eigenvalue weighted by Gasteiger charge is -2.30. The summed E-state index contributed by atoms with van der Waals surface area (Å²) in [6.45, 7) is 1.05. The summed E-state index contributed by atoms with van der Waals surface area (Å²) < 4.78 is 9.75. The van der Waals surface area contributed by atoms with E-state index in [1.165, 1.54) is 12.0 Å². The molecule has 1 aliphatic heterocycles. The molecule has 1 saturated heterocycles. The maximum atomic E-state index is 11.6. The number of hydrogen-bond donors (Lipinski definition) is 1. The second-order valence-corrected chi connectivity index (χ2v) is 4.02. The smallest absolute Gasteiger partial charge is 0.409 e. The number of nitrogens with zero attached hydrogens (tertiary/aromatic N) is 1.